The van der Waals surface area contributed by atoms with Crippen molar-refractivity contribution >= 4 is 15.7 Å². The molecule has 2 N–H and O–H groups in total. The predicted molar refractivity (Wildman–Crippen MR) is 100 cm³/mol. The third kappa shape index (κ3) is 4.49. The Morgan fingerprint density at radius 3 is 2.39 bits per heavy atom. The molecule has 0 bridgehead atoms. The van der Waals surface area contributed by atoms with Crippen LogP contribution in [0.1, 0.15) is 25.7 Å². The van der Waals surface area contributed by atoms with Gasteiger partial charge in [-0.1, -0.05) is 0 Å². The number of aromatic nitrogens is 2. The van der Waals surface area contributed by atoms with Crippen molar-refractivity contribution in [1.29, 1.82) is 0 Å². The second kappa shape index (κ2) is 7.75. The number of imidazole rings is 1. The van der Waals surface area contributed by atoms with Gasteiger partial charge in [0.25, 0.3) is 0 Å². The first kappa shape index (κ1) is 20.7. The van der Waals surface area contributed by atoms with Gasteiger partial charge in [-0.2, -0.15) is 13.2 Å². The summed E-state index contributed by atoms with van der Waals surface area (Å²) in [7, 11) is -0.497. The fraction of sp³-hybridized carbons (Fsp3) is 0.500. The Balaban J connectivity index is 1.87. The molecule has 0 spiro atoms. The molecular formula is C18H23F3N4O2S. The van der Waals surface area contributed by atoms with Crippen LogP contribution in [0.5, 0.6) is 0 Å². The Kier molecular flexibility index (Phi) is 5.72. The van der Waals surface area contributed by atoms with Crippen molar-refractivity contribution in [2.75, 3.05) is 12.4 Å². The first-order valence-electron chi connectivity index (χ1n) is 8.99. The van der Waals surface area contributed by atoms with Crippen LogP contribution in [0, 0.1) is 5.92 Å². The summed E-state index contributed by atoms with van der Waals surface area (Å²) in [5, 5.41) is 3.29. The molecule has 0 amide bonds. The third-order valence-electron chi connectivity index (χ3n) is 5.10. The lowest BCUT2D eigenvalue weighted by Gasteiger charge is -2.31. The van der Waals surface area contributed by atoms with Crippen LogP contribution < -0.4 is 10.0 Å². The average molecular weight is 416 g/mol. The molecule has 3 rings (SSSR count). The predicted octanol–water partition coefficient (Wildman–Crippen LogP) is 3.53. The van der Waals surface area contributed by atoms with E-state index in [1.807, 2.05) is 0 Å². The Bertz CT molecular complexity index is 933. The van der Waals surface area contributed by atoms with Crippen LogP contribution >= 0.6 is 0 Å². The second-order valence-electron chi connectivity index (χ2n) is 7.07. The van der Waals surface area contributed by atoms with Gasteiger partial charge in [-0.25, -0.2) is 18.1 Å². The standard InChI is InChI=1S/C18H23F3N4O2S/c1-22-28(26,27)14-7-8-16(15(9-14)17-10-25(2)11-23-17)24-13-5-3-12(4-6-13)18(19,20)21/h7-13,22,24H,3-6H2,1-2H3/t12-,13+. The molecule has 1 aromatic heterocycles. The lowest BCUT2D eigenvalue weighted by molar-refractivity contribution is -0.182. The van der Waals surface area contributed by atoms with Crippen LogP contribution in [0.4, 0.5) is 18.9 Å². The molecule has 1 aliphatic carbocycles. The molecule has 1 fully saturated rings. The van der Waals surface area contributed by atoms with Gasteiger partial charge in [-0.3, -0.25) is 0 Å². The molecule has 1 aliphatic rings. The number of benzene rings is 1. The topological polar surface area (TPSA) is 76.0 Å². The molecule has 10 heteroatoms. The lowest BCUT2D eigenvalue weighted by Crippen LogP contribution is -2.33. The van der Waals surface area contributed by atoms with Gasteiger partial charge in [0.05, 0.1) is 22.8 Å². The van der Waals surface area contributed by atoms with E-state index in [1.165, 1.54) is 19.2 Å². The summed E-state index contributed by atoms with van der Waals surface area (Å²) >= 11 is 0. The fourth-order valence-corrected chi connectivity index (χ4v) is 4.24. The molecule has 2 aromatic rings. The van der Waals surface area contributed by atoms with Gasteiger partial charge in [-0.05, 0) is 50.9 Å². The van der Waals surface area contributed by atoms with Crippen molar-refractivity contribution in [1.82, 2.24) is 14.3 Å². The smallest absolute Gasteiger partial charge is 0.382 e. The van der Waals surface area contributed by atoms with E-state index in [0.29, 0.717) is 29.8 Å². The first-order chi connectivity index (χ1) is 13.1. The quantitative estimate of drug-likeness (QED) is 0.782. The maximum absolute atomic E-state index is 12.9. The molecule has 1 aromatic carbocycles. The molecule has 1 heterocycles. The number of halogens is 3. The molecule has 0 unspecified atom stereocenters. The highest BCUT2D eigenvalue weighted by Crippen LogP contribution is 2.39. The van der Waals surface area contributed by atoms with E-state index < -0.39 is 22.1 Å². The summed E-state index contributed by atoms with van der Waals surface area (Å²) in [4.78, 5) is 4.39. The lowest BCUT2D eigenvalue weighted by atomic mass is 9.85. The third-order valence-corrected chi connectivity index (χ3v) is 6.51. The molecule has 1 saturated carbocycles. The summed E-state index contributed by atoms with van der Waals surface area (Å²) in [5.74, 6) is -1.25. The van der Waals surface area contributed by atoms with E-state index in [0.717, 1.165) is 0 Å². The number of anilines is 1. The molecule has 154 valence electrons. The van der Waals surface area contributed by atoms with E-state index in [-0.39, 0.29) is 23.8 Å². The molecule has 0 atom stereocenters. The number of hydrogen-bond acceptors (Lipinski definition) is 4. The van der Waals surface area contributed by atoms with Crippen molar-refractivity contribution < 1.29 is 21.6 Å². The summed E-state index contributed by atoms with van der Waals surface area (Å²) in [5.41, 5.74) is 1.83. The van der Waals surface area contributed by atoms with E-state index in [4.69, 9.17) is 0 Å². The molecular weight excluding hydrogens is 393 g/mol. The number of nitrogens with one attached hydrogen (secondary N) is 2. The van der Waals surface area contributed by atoms with Gasteiger partial charge < -0.3 is 9.88 Å². The zero-order valence-electron chi connectivity index (χ0n) is 15.6. The number of alkyl halides is 3. The van der Waals surface area contributed by atoms with Crippen LogP contribution in [-0.4, -0.2) is 37.2 Å². The Hall–Kier alpha value is -2.07. The Morgan fingerprint density at radius 2 is 1.86 bits per heavy atom. The van der Waals surface area contributed by atoms with Crippen LogP contribution in [0.25, 0.3) is 11.3 Å². The van der Waals surface area contributed by atoms with Crippen LogP contribution in [-0.2, 0) is 17.1 Å². The zero-order valence-corrected chi connectivity index (χ0v) is 16.4. The number of sulfonamides is 1. The minimum absolute atomic E-state index is 0.0896. The number of hydrogen-bond donors (Lipinski definition) is 2. The van der Waals surface area contributed by atoms with Crippen LogP contribution in [0.15, 0.2) is 35.6 Å². The molecule has 0 radical (unpaired) electrons. The zero-order chi connectivity index (χ0) is 20.5. The van der Waals surface area contributed by atoms with E-state index in [2.05, 4.69) is 15.0 Å². The summed E-state index contributed by atoms with van der Waals surface area (Å²) in [6.07, 6.45) is 0.209. The molecule has 0 aliphatic heterocycles. The number of rotatable bonds is 5. The highest BCUT2D eigenvalue weighted by atomic mass is 32.2. The fourth-order valence-electron chi connectivity index (χ4n) is 3.48. The Labute approximate surface area is 162 Å². The highest BCUT2D eigenvalue weighted by molar-refractivity contribution is 7.89. The van der Waals surface area contributed by atoms with Crippen LogP contribution in [0.3, 0.4) is 0 Å². The van der Waals surface area contributed by atoms with Crippen molar-refractivity contribution in [2.45, 2.75) is 42.8 Å². The number of nitrogens with zero attached hydrogens (tertiary/aromatic N) is 2. The molecule has 28 heavy (non-hydrogen) atoms. The second-order valence-corrected chi connectivity index (χ2v) is 8.96. The van der Waals surface area contributed by atoms with Gasteiger partial charge in [0.15, 0.2) is 0 Å². The van der Waals surface area contributed by atoms with Gasteiger partial charge >= 0.3 is 6.18 Å². The average Bonchev–Trinajstić information content (AvgIpc) is 3.08. The van der Waals surface area contributed by atoms with E-state index in [9.17, 15) is 21.6 Å². The number of aryl methyl sites for hydroxylation is 1. The van der Waals surface area contributed by atoms with Gasteiger partial charge in [0.2, 0.25) is 10.0 Å². The molecule has 0 saturated heterocycles. The first-order valence-corrected chi connectivity index (χ1v) is 10.5. The minimum Gasteiger partial charge on any atom is -0.382 e. The van der Waals surface area contributed by atoms with Crippen molar-refractivity contribution in [3.63, 3.8) is 0 Å². The Morgan fingerprint density at radius 1 is 1.18 bits per heavy atom. The van der Waals surface area contributed by atoms with Gasteiger partial charge in [0.1, 0.15) is 0 Å². The van der Waals surface area contributed by atoms with Crippen molar-refractivity contribution in [2.24, 2.45) is 13.0 Å². The van der Waals surface area contributed by atoms with Gasteiger partial charge in [0, 0.05) is 30.5 Å². The van der Waals surface area contributed by atoms with Gasteiger partial charge in [-0.15, -0.1) is 0 Å². The van der Waals surface area contributed by atoms with E-state index in [1.54, 1.807) is 30.2 Å². The van der Waals surface area contributed by atoms with Crippen LogP contribution in [0.2, 0.25) is 0 Å². The normalized spacial score (nSPS) is 20.9. The highest BCUT2D eigenvalue weighted by Gasteiger charge is 2.41. The van der Waals surface area contributed by atoms with Crippen molar-refractivity contribution in [3.05, 3.63) is 30.7 Å². The summed E-state index contributed by atoms with van der Waals surface area (Å²) < 4.78 is 67.0. The maximum atomic E-state index is 12.9. The maximum Gasteiger partial charge on any atom is 0.391 e. The summed E-state index contributed by atoms with van der Waals surface area (Å²) in [6.45, 7) is 0. The largest absolute Gasteiger partial charge is 0.391 e. The SMILES string of the molecule is CNS(=O)(=O)c1ccc(N[C@H]2CC[C@@H](C(F)(F)F)CC2)c(-c2cn(C)cn2)c1. The van der Waals surface area contributed by atoms with Crippen molar-refractivity contribution in [3.8, 4) is 11.3 Å². The molecule has 6 nitrogen and oxygen atoms in total. The minimum atomic E-state index is -4.15. The monoisotopic (exact) mass is 416 g/mol. The summed E-state index contributed by atoms with van der Waals surface area (Å²) in [6, 6.07) is 4.54. The van der Waals surface area contributed by atoms with E-state index >= 15 is 0 Å².